The Kier molecular flexibility index (Phi) is 9.05. The maximum Gasteiger partial charge on any atom is 0.304 e. The lowest BCUT2D eigenvalue weighted by molar-refractivity contribution is -0.136. The predicted molar refractivity (Wildman–Crippen MR) is 115 cm³/mol. The summed E-state index contributed by atoms with van der Waals surface area (Å²) in [6.45, 7) is 5.97. The van der Waals surface area contributed by atoms with Crippen LogP contribution in [0.4, 0.5) is 0 Å². The van der Waals surface area contributed by atoms with E-state index >= 15 is 0 Å². The second-order valence-corrected chi connectivity index (χ2v) is 7.54. The molecule has 0 aliphatic heterocycles. The van der Waals surface area contributed by atoms with Crippen molar-refractivity contribution in [3.05, 3.63) is 70.3 Å². The molecule has 0 atom stereocenters. The first-order chi connectivity index (χ1) is 13.4. The standard InChI is InChI=1S/C23H28ClNO3/c1-17(2)14-18-5-7-19(8-6-18)16-28-21-10-9-20(22(24)15-21)4-3-12-25-13-11-23(26)27/h3-10,15,17,25H,11-14,16H2,1-2H3,(H,26,27)/b4-3+. The van der Waals surface area contributed by atoms with Gasteiger partial charge in [-0.1, -0.05) is 61.9 Å². The zero-order valence-electron chi connectivity index (χ0n) is 16.5. The predicted octanol–water partition coefficient (Wildman–Crippen LogP) is 5.20. The first kappa shape index (κ1) is 22.0. The molecule has 0 spiro atoms. The number of nitrogens with one attached hydrogen (secondary N) is 1. The molecule has 0 unspecified atom stereocenters. The molecule has 0 fully saturated rings. The Morgan fingerprint density at radius 2 is 1.89 bits per heavy atom. The molecule has 0 aliphatic rings. The van der Waals surface area contributed by atoms with Gasteiger partial charge in [0, 0.05) is 13.1 Å². The fraction of sp³-hybridized carbons (Fsp3) is 0.348. The second-order valence-electron chi connectivity index (χ2n) is 7.14. The number of hydrogen-bond donors (Lipinski definition) is 2. The number of halogens is 1. The number of carboxylic acid groups (broad SMARTS) is 1. The average molecular weight is 402 g/mol. The van der Waals surface area contributed by atoms with E-state index in [-0.39, 0.29) is 6.42 Å². The highest BCUT2D eigenvalue weighted by atomic mass is 35.5. The molecule has 0 saturated carbocycles. The van der Waals surface area contributed by atoms with E-state index < -0.39 is 5.97 Å². The molecule has 0 radical (unpaired) electrons. The van der Waals surface area contributed by atoms with E-state index in [0.29, 0.717) is 30.6 Å². The largest absolute Gasteiger partial charge is 0.489 e. The molecular formula is C23H28ClNO3. The summed E-state index contributed by atoms with van der Waals surface area (Å²) < 4.78 is 5.85. The zero-order valence-corrected chi connectivity index (χ0v) is 17.2. The van der Waals surface area contributed by atoms with Crippen LogP contribution in [-0.4, -0.2) is 24.2 Å². The molecule has 2 aromatic rings. The highest BCUT2D eigenvalue weighted by Gasteiger charge is 2.03. The highest BCUT2D eigenvalue weighted by Crippen LogP contribution is 2.24. The van der Waals surface area contributed by atoms with Gasteiger partial charge in [0.2, 0.25) is 0 Å². The number of rotatable bonds is 11. The van der Waals surface area contributed by atoms with Crippen molar-refractivity contribution in [1.82, 2.24) is 5.32 Å². The van der Waals surface area contributed by atoms with Crippen LogP contribution >= 0.6 is 11.6 Å². The van der Waals surface area contributed by atoms with Gasteiger partial charge in [0.25, 0.3) is 0 Å². The smallest absolute Gasteiger partial charge is 0.304 e. The third-order valence-corrected chi connectivity index (χ3v) is 4.45. The van der Waals surface area contributed by atoms with Crippen LogP contribution in [0.2, 0.25) is 5.02 Å². The van der Waals surface area contributed by atoms with Crippen molar-refractivity contribution in [2.45, 2.75) is 33.3 Å². The van der Waals surface area contributed by atoms with Crippen molar-refractivity contribution in [3.8, 4) is 5.75 Å². The first-order valence-electron chi connectivity index (χ1n) is 9.53. The van der Waals surface area contributed by atoms with Crippen molar-refractivity contribution in [2.24, 2.45) is 5.92 Å². The van der Waals surface area contributed by atoms with E-state index in [9.17, 15) is 4.79 Å². The van der Waals surface area contributed by atoms with E-state index in [1.54, 1.807) is 0 Å². The molecule has 0 aliphatic carbocycles. The minimum atomic E-state index is -0.804. The van der Waals surface area contributed by atoms with Gasteiger partial charge in [-0.3, -0.25) is 4.79 Å². The topological polar surface area (TPSA) is 58.6 Å². The molecule has 150 valence electrons. The fourth-order valence-electron chi connectivity index (χ4n) is 2.71. The summed E-state index contributed by atoms with van der Waals surface area (Å²) in [4.78, 5) is 10.4. The van der Waals surface area contributed by atoms with E-state index in [4.69, 9.17) is 21.4 Å². The Hall–Kier alpha value is -2.30. The van der Waals surface area contributed by atoms with Crippen LogP contribution in [-0.2, 0) is 17.8 Å². The van der Waals surface area contributed by atoms with Crippen LogP contribution in [0.25, 0.3) is 6.08 Å². The normalized spacial score (nSPS) is 11.3. The van der Waals surface area contributed by atoms with Gasteiger partial charge < -0.3 is 15.2 Å². The number of carbonyl (C=O) groups is 1. The molecule has 5 heteroatoms. The van der Waals surface area contributed by atoms with Crippen LogP contribution in [0, 0.1) is 5.92 Å². The maximum atomic E-state index is 10.4. The Morgan fingerprint density at radius 3 is 2.54 bits per heavy atom. The monoisotopic (exact) mass is 401 g/mol. The lowest BCUT2D eigenvalue weighted by atomic mass is 10.0. The average Bonchev–Trinajstić information content (AvgIpc) is 2.64. The van der Waals surface area contributed by atoms with Crippen LogP contribution in [0.15, 0.2) is 48.5 Å². The number of benzene rings is 2. The molecular weight excluding hydrogens is 374 g/mol. The third-order valence-electron chi connectivity index (χ3n) is 4.12. The molecule has 0 heterocycles. The minimum absolute atomic E-state index is 0.112. The van der Waals surface area contributed by atoms with Crippen molar-refractivity contribution in [1.29, 1.82) is 0 Å². The molecule has 0 amide bonds. The van der Waals surface area contributed by atoms with Crippen molar-refractivity contribution in [2.75, 3.05) is 13.1 Å². The maximum absolute atomic E-state index is 10.4. The van der Waals surface area contributed by atoms with E-state index in [1.807, 2.05) is 30.4 Å². The summed E-state index contributed by atoms with van der Waals surface area (Å²) >= 11 is 6.33. The Balaban J connectivity index is 1.82. The summed E-state index contributed by atoms with van der Waals surface area (Å²) in [7, 11) is 0. The van der Waals surface area contributed by atoms with Crippen molar-refractivity contribution in [3.63, 3.8) is 0 Å². The van der Waals surface area contributed by atoms with Gasteiger partial charge in [0.1, 0.15) is 12.4 Å². The summed E-state index contributed by atoms with van der Waals surface area (Å²) in [5.74, 6) is 0.576. The van der Waals surface area contributed by atoms with Crippen molar-refractivity contribution < 1.29 is 14.6 Å². The number of carboxylic acids is 1. The lowest BCUT2D eigenvalue weighted by Crippen LogP contribution is -2.17. The molecule has 2 rings (SSSR count). The quantitative estimate of drug-likeness (QED) is 0.508. The van der Waals surface area contributed by atoms with Gasteiger partial charge in [-0.2, -0.15) is 0 Å². The first-order valence-corrected chi connectivity index (χ1v) is 9.91. The fourth-order valence-corrected chi connectivity index (χ4v) is 2.94. The molecule has 0 aromatic heterocycles. The lowest BCUT2D eigenvalue weighted by Gasteiger charge is -2.09. The molecule has 2 aromatic carbocycles. The van der Waals surface area contributed by atoms with Crippen molar-refractivity contribution >= 4 is 23.6 Å². The van der Waals surface area contributed by atoms with E-state index in [2.05, 4.69) is 43.4 Å². The van der Waals surface area contributed by atoms with Gasteiger partial charge in [-0.25, -0.2) is 0 Å². The van der Waals surface area contributed by atoms with Crippen LogP contribution < -0.4 is 10.1 Å². The Bertz CT molecular complexity index is 785. The van der Waals surface area contributed by atoms with Gasteiger partial charge in [-0.05, 0) is 47.2 Å². The number of hydrogen-bond acceptors (Lipinski definition) is 3. The van der Waals surface area contributed by atoms with Crippen LogP contribution in [0.3, 0.4) is 0 Å². The van der Waals surface area contributed by atoms with Gasteiger partial charge in [-0.15, -0.1) is 0 Å². The van der Waals surface area contributed by atoms with Gasteiger partial charge in [0.05, 0.1) is 11.4 Å². The summed E-state index contributed by atoms with van der Waals surface area (Å²) in [6, 6.07) is 14.1. The second kappa shape index (κ2) is 11.5. The highest BCUT2D eigenvalue weighted by molar-refractivity contribution is 6.32. The van der Waals surface area contributed by atoms with Crippen LogP contribution in [0.5, 0.6) is 5.75 Å². The molecule has 4 nitrogen and oxygen atoms in total. The Morgan fingerprint density at radius 1 is 1.18 bits per heavy atom. The zero-order chi connectivity index (χ0) is 20.4. The SMILES string of the molecule is CC(C)Cc1ccc(COc2ccc(/C=C/CNCCC(=O)O)c(Cl)c2)cc1. The number of aliphatic carboxylic acids is 1. The van der Waals surface area contributed by atoms with Crippen LogP contribution in [0.1, 0.15) is 37.0 Å². The molecule has 0 saturated heterocycles. The van der Waals surface area contributed by atoms with E-state index in [1.165, 1.54) is 5.56 Å². The third kappa shape index (κ3) is 8.15. The minimum Gasteiger partial charge on any atom is -0.489 e. The summed E-state index contributed by atoms with van der Waals surface area (Å²) in [6.07, 6.45) is 5.03. The Labute approximate surface area is 172 Å². The van der Waals surface area contributed by atoms with Gasteiger partial charge in [0.15, 0.2) is 0 Å². The molecule has 0 bridgehead atoms. The molecule has 28 heavy (non-hydrogen) atoms. The summed E-state index contributed by atoms with van der Waals surface area (Å²) in [5.41, 5.74) is 3.36. The molecule has 2 N–H and O–H groups in total. The summed E-state index contributed by atoms with van der Waals surface area (Å²) in [5, 5.41) is 12.2. The van der Waals surface area contributed by atoms with E-state index in [0.717, 1.165) is 23.3 Å². The van der Waals surface area contributed by atoms with Gasteiger partial charge >= 0.3 is 5.97 Å². The number of ether oxygens (including phenoxy) is 1.